The summed E-state index contributed by atoms with van der Waals surface area (Å²) in [6.07, 6.45) is 8.09. The van der Waals surface area contributed by atoms with Gasteiger partial charge in [-0.05, 0) is 38.0 Å². The van der Waals surface area contributed by atoms with Gasteiger partial charge in [-0.3, -0.25) is 9.59 Å². The van der Waals surface area contributed by atoms with Gasteiger partial charge in [0.05, 0.1) is 6.04 Å². The number of nitrogens with one attached hydrogen (secondary N) is 3. The van der Waals surface area contributed by atoms with E-state index >= 15 is 0 Å². The zero-order valence-electron chi connectivity index (χ0n) is 12.0. The number of rotatable bonds is 5. The minimum absolute atomic E-state index is 0.0257. The predicted molar refractivity (Wildman–Crippen MR) is 76.0 cm³/mol. The molecule has 0 bridgehead atoms. The molecule has 2 aliphatic carbocycles. The molecule has 5 nitrogen and oxygen atoms in total. The van der Waals surface area contributed by atoms with E-state index in [0.29, 0.717) is 25.0 Å². The molecule has 1 aliphatic heterocycles. The molecule has 0 spiro atoms. The van der Waals surface area contributed by atoms with Gasteiger partial charge in [-0.2, -0.15) is 0 Å². The summed E-state index contributed by atoms with van der Waals surface area (Å²) in [5.41, 5.74) is 0. The monoisotopic (exact) mass is 279 g/mol. The Labute approximate surface area is 120 Å². The van der Waals surface area contributed by atoms with Crippen molar-refractivity contribution in [2.45, 2.75) is 57.0 Å². The molecule has 2 saturated carbocycles. The van der Waals surface area contributed by atoms with E-state index in [-0.39, 0.29) is 23.8 Å². The fourth-order valence-electron chi connectivity index (χ4n) is 3.51. The summed E-state index contributed by atoms with van der Waals surface area (Å²) in [6, 6.07) is 0.524. The van der Waals surface area contributed by atoms with Crippen LogP contribution < -0.4 is 16.0 Å². The van der Waals surface area contributed by atoms with Gasteiger partial charge in [0.15, 0.2) is 0 Å². The maximum atomic E-state index is 12.1. The molecule has 3 aliphatic rings. The molecule has 0 radical (unpaired) electrons. The minimum Gasteiger partial charge on any atom is -0.354 e. The highest BCUT2D eigenvalue weighted by Gasteiger charge is 2.38. The number of hydrogen-bond donors (Lipinski definition) is 3. The smallest absolute Gasteiger partial charge is 0.237 e. The first kappa shape index (κ1) is 13.9. The second-order valence-electron chi connectivity index (χ2n) is 6.46. The summed E-state index contributed by atoms with van der Waals surface area (Å²) in [7, 11) is 0. The molecular formula is C15H25N3O2. The van der Waals surface area contributed by atoms with Gasteiger partial charge in [0.25, 0.3) is 0 Å². The van der Waals surface area contributed by atoms with Crippen molar-refractivity contribution in [1.82, 2.24) is 16.0 Å². The Morgan fingerprint density at radius 3 is 2.35 bits per heavy atom. The Hall–Kier alpha value is -1.10. The molecule has 20 heavy (non-hydrogen) atoms. The molecule has 5 heteroatoms. The Morgan fingerprint density at radius 2 is 1.65 bits per heavy atom. The van der Waals surface area contributed by atoms with Gasteiger partial charge in [0.1, 0.15) is 0 Å². The number of carbonyl (C=O) groups excluding carboxylic acids is 2. The predicted octanol–water partition coefficient (Wildman–Crippen LogP) is 0.549. The molecule has 112 valence electrons. The standard InChI is InChI=1S/C15H25N3O2/c19-14(10-5-6-10)16-7-8-17-15(20)13-9-11-3-1-2-4-12(11)18-13/h10-13,18H,1-9H2,(H,16,19)(H,17,20). The lowest BCUT2D eigenvalue weighted by Crippen LogP contribution is -2.45. The van der Waals surface area contributed by atoms with Crippen LogP contribution in [-0.4, -0.2) is 37.0 Å². The van der Waals surface area contributed by atoms with E-state index in [9.17, 15) is 9.59 Å². The van der Waals surface area contributed by atoms with Crippen molar-refractivity contribution in [3.63, 3.8) is 0 Å². The SMILES string of the molecule is O=C(NCCNC(=O)C1CC2CCCCC2N1)C1CC1. The van der Waals surface area contributed by atoms with Crippen LogP contribution in [0.3, 0.4) is 0 Å². The van der Waals surface area contributed by atoms with Crippen molar-refractivity contribution in [2.75, 3.05) is 13.1 Å². The van der Waals surface area contributed by atoms with Crippen LogP contribution >= 0.6 is 0 Å². The summed E-state index contributed by atoms with van der Waals surface area (Å²) in [5.74, 6) is 1.17. The van der Waals surface area contributed by atoms with Crippen LogP contribution in [0.2, 0.25) is 0 Å². The summed E-state index contributed by atoms with van der Waals surface area (Å²) in [6.45, 7) is 1.07. The van der Waals surface area contributed by atoms with Crippen LogP contribution in [0, 0.1) is 11.8 Å². The molecule has 0 aromatic heterocycles. The second-order valence-corrected chi connectivity index (χ2v) is 6.46. The van der Waals surface area contributed by atoms with Crippen molar-refractivity contribution < 1.29 is 9.59 Å². The van der Waals surface area contributed by atoms with Crippen molar-refractivity contribution in [2.24, 2.45) is 11.8 Å². The highest BCUT2D eigenvalue weighted by atomic mass is 16.2. The average molecular weight is 279 g/mol. The van der Waals surface area contributed by atoms with E-state index in [1.807, 2.05) is 0 Å². The van der Waals surface area contributed by atoms with E-state index < -0.39 is 0 Å². The Balaban J connectivity index is 1.33. The number of hydrogen-bond acceptors (Lipinski definition) is 3. The summed E-state index contributed by atoms with van der Waals surface area (Å²) < 4.78 is 0. The quantitative estimate of drug-likeness (QED) is 0.644. The Kier molecular flexibility index (Phi) is 4.24. The van der Waals surface area contributed by atoms with E-state index in [2.05, 4.69) is 16.0 Å². The minimum atomic E-state index is -0.0257. The summed E-state index contributed by atoms with van der Waals surface area (Å²) in [5, 5.41) is 9.27. The molecule has 1 heterocycles. The van der Waals surface area contributed by atoms with Crippen LogP contribution in [0.5, 0.6) is 0 Å². The molecular weight excluding hydrogens is 254 g/mol. The lowest BCUT2D eigenvalue weighted by molar-refractivity contribution is -0.124. The number of amides is 2. The van der Waals surface area contributed by atoms with E-state index in [4.69, 9.17) is 0 Å². The topological polar surface area (TPSA) is 70.2 Å². The van der Waals surface area contributed by atoms with Crippen molar-refractivity contribution >= 4 is 11.8 Å². The third-order valence-electron chi connectivity index (χ3n) is 4.85. The molecule has 0 aromatic carbocycles. The molecule has 3 N–H and O–H groups in total. The number of fused-ring (bicyclic) bond motifs is 1. The lowest BCUT2D eigenvalue weighted by Gasteiger charge is -2.24. The third kappa shape index (κ3) is 3.32. The molecule has 0 aromatic rings. The van der Waals surface area contributed by atoms with Crippen molar-refractivity contribution in [1.29, 1.82) is 0 Å². The highest BCUT2D eigenvalue weighted by molar-refractivity contribution is 5.82. The third-order valence-corrected chi connectivity index (χ3v) is 4.85. The van der Waals surface area contributed by atoms with Crippen molar-refractivity contribution in [3.05, 3.63) is 0 Å². The van der Waals surface area contributed by atoms with E-state index in [1.165, 1.54) is 25.7 Å². The van der Waals surface area contributed by atoms with E-state index in [0.717, 1.165) is 19.3 Å². The summed E-state index contributed by atoms with van der Waals surface area (Å²) >= 11 is 0. The van der Waals surface area contributed by atoms with Gasteiger partial charge in [0, 0.05) is 25.0 Å². The summed E-state index contributed by atoms with van der Waals surface area (Å²) in [4.78, 5) is 23.5. The van der Waals surface area contributed by atoms with Gasteiger partial charge in [-0.15, -0.1) is 0 Å². The van der Waals surface area contributed by atoms with Crippen LogP contribution in [0.1, 0.15) is 44.9 Å². The van der Waals surface area contributed by atoms with Gasteiger partial charge in [-0.1, -0.05) is 12.8 Å². The maximum absolute atomic E-state index is 12.1. The highest BCUT2D eigenvalue weighted by Crippen LogP contribution is 2.33. The van der Waals surface area contributed by atoms with Gasteiger partial charge < -0.3 is 16.0 Å². The fraction of sp³-hybridized carbons (Fsp3) is 0.867. The van der Waals surface area contributed by atoms with E-state index in [1.54, 1.807) is 0 Å². The Morgan fingerprint density at radius 1 is 0.950 bits per heavy atom. The maximum Gasteiger partial charge on any atom is 0.237 e. The first-order valence-corrected chi connectivity index (χ1v) is 8.05. The zero-order chi connectivity index (χ0) is 13.9. The van der Waals surface area contributed by atoms with Crippen LogP contribution in [0.25, 0.3) is 0 Å². The normalized spacial score (nSPS) is 32.5. The molecule has 3 unspecified atom stereocenters. The largest absolute Gasteiger partial charge is 0.354 e. The van der Waals surface area contributed by atoms with Crippen LogP contribution in [-0.2, 0) is 9.59 Å². The first-order valence-electron chi connectivity index (χ1n) is 8.05. The fourth-order valence-corrected chi connectivity index (χ4v) is 3.51. The van der Waals surface area contributed by atoms with Crippen LogP contribution in [0.15, 0.2) is 0 Å². The van der Waals surface area contributed by atoms with Crippen molar-refractivity contribution in [3.8, 4) is 0 Å². The molecule has 3 atom stereocenters. The van der Waals surface area contributed by atoms with Gasteiger partial charge in [-0.25, -0.2) is 0 Å². The van der Waals surface area contributed by atoms with Gasteiger partial charge in [0.2, 0.25) is 11.8 Å². The first-order chi connectivity index (χ1) is 9.74. The molecule has 3 rings (SSSR count). The molecule has 3 fully saturated rings. The molecule has 1 saturated heterocycles. The van der Waals surface area contributed by atoms with Crippen LogP contribution in [0.4, 0.5) is 0 Å². The second kappa shape index (κ2) is 6.12. The molecule has 2 amide bonds. The average Bonchev–Trinajstić information content (AvgIpc) is 3.21. The zero-order valence-corrected chi connectivity index (χ0v) is 12.0. The lowest BCUT2D eigenvalue weighted by atomic mass is 9.85. The van der Waals surface area contributed by atoms with Gasteiger partial charge >= 0.3 is 0 Å². The number of carbonyl (C=O) groups is 2. The Bertz CT molecular complexity index is 367.